The first-order valence-corrected chi connectivity index (χ1v) is 14.2. The summed E-state index contributed by atoms with van der Waals surface area (Å²) >= 11 is 9.06. The number of benzene rings is 2. The first kappa shape index (κ1) is 35.4. The van der Waals surface area contributed by atoms with Gasteiger partial charge in [0.2, 0.25) is 0 Å². The van der Waals surface area contributed by atoms with Crippen molar-refractivity contribution >= 4 is 11.6 Å². The van der Waals surface area contributed by atoms with E-state index in [-0.39, 0.29) is 24.8 Å². The number of halogens is 3. The number of nitrogens with zero attached hydrogens (tertiary/aromatic N) is 3. The van der Waals surface area contributed by atoms with Crippen LogP contribution in [0.15, 0.2) is 67.1 Å². The molecule has 2 heterocycles. The summed E-state index contributed by atoms with van der Waals surface area (Å²) in [5.74, 6) is 1.83. The number of imidazole rings is 1. The molecule has 0 radical (unpaired) electrons. The fraction of sp³-hybridized carbons (Fsp3) is 0.375. The first-order chi connectivity index (χ1) is 17.5. The third-order valence-electron chi connectivity index (χ3n) is 6.47. The summed E-state index contributed by atoms with van der Waals surface area (Å²) in [4.78, 5) is 3.63. The van der Waals surface area contributed by atoms with E-state index in [1.54, 1.807) is 18.3 Å². The zero-order valence-corrected chi connectivity index (χ0v) is 27.8. The predicted octanol–water partition coefficient (Wildman–Crippen LogP) is 3.38. The molecule has 0 aliphatic rings. The third kappa shape index (κ3) is 8.42. The molecular weight excluding hydrogens is 639 g/mol. The van der Waals surface area contributed by atoms with Gasteiger partial charge in [0.15, 0.2) is 0 Å². The molecule has 0 bridgehead atoms. The molecule has 4 rings (SSSR count). The van der Waals surface area contributed by atoms with E-state index in [2.05, 4.69) is 143 Å². The Labute approximate surface area is 262 Å². The molecule has 7 heteroatoms. The summed E-state index contributed by atoms with van der Waals surface area (Å²) in [6, 6.07) is 17.0. The molecular formula is C32H39Cl3N3Pd-3. The van der Waals surface area contributed by atoms with Gasteiger partial charge in [-0.3, -0.25) is 0 Å². The molecule has 0 saturated heterocycles. The van der Waals surface area contributed by atoms with Crippen molar-refractivity contribution in [1.29, 1.82) is 0 Å². The second-order valence-corrected chi connectivity index (χ2v) is 11.7. The first-order valence-electron chi connectivity index (χ1n) is 13.0. The van der Waals surface area contributed by atoms with Crippen molar-refractivity contribution in [3.05, 3.63) is 104 Å². The van der Waals surface area contributed by atoms with Gasteiger partial charge in [0.1, 0.15) is 0 Å². The minimum absolute atomic E-state index is 0. The molecule has 3 nitrogen and oxygen atoms in total. The fourth-order valence-electron chi connectivity index (χ4n) is 4.57. The Morgan fingerprint density at radius 1 is 0.641 bits per heavy atom. The Morgan fingerprint density at radius 3 is 1.23 bits per heavy atom. The van der Waals surface area contributed by atoms with E-state index in [1.165, 1.54) is 33.6 Å². The van der Waals surface area contributed by atoms with Crippen LogP contribution >= 0.6 is 11.6 Å². The molecule has 0 aliphatic carbocycles. The number of hydrogen-bond acceptors (Lipinski definition) is 1. The summed E-state index contributed by atoms with van der Waals surface area (Å²) in [6.07, 6.45) is 8.61. The second-order valence-electron chi connectivity index (χ2n) is 10.6. The Morgan fingerprint density at radius 2 is 1.00 bits per heavy atom. The average molecular weight is 678 g/mol. The number of rotatable bonds is 6. The van der Waals surface area contributed by atoms with E-state index in [0.717, 1.165) is 3.89 Å². The van der Waals surface area contributed by atoms with E-state index in [4.69, 9.17) is 11.6 Å². The van der Waals surface area contributed by atoms with Crippen LogP contribution in [0.2, 0.25) is 5.02 Å². The van der Waals surface area contributed by atoms with E-state index in [0.29, 0.717) is 28.7 Å². The smallest absolute Gasteiger partial charge is 0.0535 e. The van der Waals surface area contributed by atoms with Crippen LogP contribution < -0.4 is 24.8 Å². The zero-order chi connectivity index (χ0) is 27.3. The molecule has 4 aromatic rings. The summed E-state index contributed by atoms with van der Waals surface area (Å²) in [6.45, 7) is 18.2. The van der Waals surface area contributed by atoms with Crippen LogP contribution in [0.1, 0.15) is 101 Å². The van der Waals surface area contributed by atoms with Crippen molar-refractivity contribution in [2.45, 2.75) is 79.1 Å². The van der Waals surface area contributed by atoms with Gasteiger partial charge in [0.05, 0.1) is 0 Å². The summed E-state index contributed by atoms with van der Waals surface area (Å²) in [5, 5.41) is 0.558. The second kappa shape index (κ2) is 15.9. The molecule has 2 aromatic carbocycles. The van der Waals surface area contributed by atoms with Gasteiger partial charge >= 0.3 is 193 Å². The number of aromatic nitrogens is 3. The number of para-hydroxylation sites is 2. The summed E-state index contributed by atoms with van der Waals surface area (Å²) < 4.78 is 5.78. The van der Waals surface area contributed by atoms with E-state index >= 15 is 0 Å². The van der Waals surface area contributed by atoms with Crippen LogP contribution in [0.3, 0.4) is 0 Å². The Balaban J connectivity index is 0.000000736. The zero-order valence-electron chi connectivity index (χ0n) is 24.0. The van der Waals surface area contributed by atoms with Crippen molar-refractivity contribution in [1.82, 2.24) is 14.1 Å². The monoisotopic (exact) mass is 676 g/mol. The minimum Gasteiger partial charge on any atom is -1.00 e. The molecule has 0 spiro atoms. The maximum Gasteiger partial charge on any atom is -0.0535 e. The van der Waals surface area contributed by atoms with E-state index < -0.39 is 0 Å². The van der Waals surface area contributed by atoms with Crippen molar-refractivity contribution < 1.29 is 43.6 Å². The van der Waals surface area contributed by atoms with Crippen LogP contribution in [0.5, 0.6) is 0 Å². The maximum atomic E-state index is 5.42. The van der Waals surface area contributed by atoms with Gasteiger partial charge in [-0.1, -0.05) is 17.4 Å². The van der Waals surface area contributed by atoms with Crippen molar-refractivity contribution in [3.8, 4) is 11.4 Å². The topological polar surface area (TPSA) is 22.8 Å². The van der Waals surface area contributed by atoms with Crippen LogP contribution in [0, 0.1) is 10.1 Å². The Bertz CT molecular complexity index is 1240. The minimum atomic E-state index is 0. The van der Waals surface area contributed by atoms with Crippen molar-refractivity contribution in [2.24, 2.45) is 0 Å². The van der Waals surface area contributed by atoms with Gasteiger partial charge in [-0.15, -0.1) is 17.7 Å². The number of pyridine rings is 1. The Kier molecular flexibility index (Phi) is 14.5. The predicted molar refractivity (Wildman–Crippen MR) is 153 cm³/mol. The molecule has 0 unspecified atom stereocenters. The quantitative estimate of drug-likeness (QED) is 0.227. The SMILES string of the molecule is CC(C)c1cccc(C(C)C)c1-n1ccn(-c2c(C(C)C)cccc2C(C)C)[c]1=[Pd].Clc1[c-]nccc1.[Cl-].[Cl-]. The molecule has 39 heavy (non-hydrogen) atoms. The van der Waals surface area contributed by atoms with Gasteiger partial charge in [0.25, 0.3) is 0 Å². The van der Waals surface area contributed by atoms with E-state index in [9.17, 15) is 0 Å². The molecule has 0 amide bonds. The molecule has 0 atom stereocenters. The van der Waals surface area contributed by atoms with Crippen molar-refractivity contribution in [3.63, 3.8) is 0 Å². The average Bonchev–Trinajstić information content (AvgIpc) is 3.24. The fourth-order valence-corrected chi connectivity index (χ4v) is 5.27. The van der Waals surface area contributed by atoms with Gasteiger partial charge in [-0.25, -0.2) is 0 Å². The van der Waals surface area contributed by atoms with Crippen LogP contribution in [-0.4, -0.2) is 14.1 Å². The van der Waals surface area contributed by atoms with Gasteiger partial charge < -0.3 is 29.8 Å². The molecule has 2 aromatic heterocycles. The van der Waals surface area contributed by atoms with Crippen LogP contribution in [-0.2, 0) is 18.7 Å². The molecule has 0 N–H and O–H groups in total. The standard InChI is InChI=1S/C27H36N2.C5H3ClN.2ClH.Pd/c1-18(2)22-11-9-12-23(19(3)4)26(22)28-15-16-29(17-28)27-24(20(5)6)13-10-14-25(27)21(7)8;6-5-2-1-3-7-4-5;;;/h9-16,18-21H,1-8H3;1-3H;2*1H;/q;-1;;;/p-2. The van der Waals surface area contributed by atoms with Crippen LogP contribution in [0.4, 0.5) is 0 Å². The summed E-state index contributed by atoms with van der Waals surface area (Å²) in [5.41, 5.74) is 8.18. The summed E-state index contributed by atoms with van der Waals surface area (Å²) in [7, 11) is 0. The van der Waals surface area contributed by atoms with E-state index in [1.807, 2.05) is 0 Å². The van der Waals surface area contributed by atoms with Gasteiger partial charge in [-0.05, 0) is 0 Å². The van der Waals surface area contributed by atoms with Crippen LogP contribution in [0.25, 0.3) is 11.4 Å². The van der Waals surface area contributed by atoms with Crippen molar-refractivity contribution in [2.75, 3.05) is 0 Å². The molecule has 0 fully saturated rings. The largest absolute Gasteiger partial charge is 1.00 e. The van der Waals surface area contributed by atoms with Gasteiger partial charge in [-0.2, -0.15) is 6.07 Å². The molecule has 0 aliphatic heterocycles. The third-order valence-corrected chi connectivity index (χ3v) is 7.43. The normalized spacial score (nSPS) is 10.8. The Hall–Kier alpha value is -1.67. The van der Waals surface area contributed by atoms with Gasteiger partial charge in [0, 0.05) is 0 Å². The molecule has 0 saturated carbocycles. The number of hydrogen-bond donors (Lipinski definition) is 0. The molecule has 216 valence electrons. The maximum absolute atomic E-state index is 5.42.